The fourth-order valence-corrected chi connectivity index (χ4v) is 2.13. The summed E-state index contributed by atoms with van der Waals surface area (Å²) in [6.45, 7) is 2.76. The number of alkyl halides is 3. The van der Waals surface area contributed by atoms with Crippen molar-refractivity contribution < 1.29 is 22.0 Å². The van der Waals surface area contributed by atoms with Crippen molar-refractivity contribution in [3.05, 3.63) is 53.4 Å². The fourth-order valence-electron chi connectivity index (χ4n) is 2.13. The molecule has 2 aromatic rings. The number of guanidine groups is 1. The maximum atomic E-state index is 13.6. The Morgan fingerprint density at radius 3 is 2.55 bits per heavy atom. The number of aromatic nitrogens is 2. The van der Waals surface area contributed by atoms with Crippen LogP contribution in [0.4, 0.5) is 27.9 Å². The van der Waals surface area contributed by atoms with Crippen LogP contribution in [0.3, 0.4) is 0 Å². The molecule has 0 unspecified atom stereocenters. The summed E-state index contributed by atoms with van der Waals surface area (Å²) in [5.41, 5.74) is -0.933. The molecule has 160 valence electrons. The molecular weight excluding hydrogens is 510 g/mol. The SMILES string of the molecule is CCNC(=NCc1cc(F)ccc1F)NCCNc1nccc(C(F)(F)F)n1.I. The van der Waals surface area contributed by atoms with E-state index in [9.17, 15) is 22.0 Å². The van der Waals surface area contributed by atoms with Gasteiger partial charge in [0.1, 0.15) is 17.3 Å². The summed E-state index contributed by atoms with van der Waals surface area (Å²) < 4.78 is 64.7. The summed E-state index contributed by atoms with van der Waals surface area (Å²) >= 11 is 0. The van der Waals surface area contributed by atoms with Crippen LogP contribution in [0.2, 0.25) is 0 Å². The van der Waals surface area contributed by atoms with E-state index in [2.05, 4.69) is 30.9 Å². The molecule has 1 heterocycles. The molecule has 12 heteroatoms. The van der Waals surface area contributed by atoms with Crippen LogP contribution in [0.5, 0.6) is 0 Å². The first-order valence-electron chi connectivity index (χ1n) is 8.40. The molecular formula is C17H20F5IN6. The monoisotopic (exact) mass is 530 g/mol. The molecule has 0 aliphatic heterocycles. The summed E-state index contributed by atoms with van der Waals surface area (Å²) in [7, 11) is 0. The van der Waals surface area contributed by atoms with Gasteiger partial charge in [0.15, 0.2) is 5.96 Å². The maximum absolute atomic E-state index is 13.6. The lowest BCUT2D eigenvalue weighted by atomic mass is 10.2. The molecule has 6 nitrogen and oxygen atoms in total. The average molecular weight is 530 g/mol. The van der Waals surface area contributed by atoms with Crippen molar-refractivity contribution >= 4 is 35.9 Å². The van der Waals surface area contributed by atoms with Crippen LogP contribution < -0.4 is 16.0 Å². The summed E-state index contributed by atoms with van der Waals surface area (Å²) in [5.74, 6) is -0.933. The van der Waals surface area contributed by atoms with E-state index in [-0.39, 0.29) is 55.1 Å². The number of benzene rings is 1. The number of hydrogen-bond donors (Lipinski definition) is 3. The van der Waals surface area contributed by atoms with Crippen molar-refractivity contribution in [3.8, 4) is 0 Å². The standard InChI is InChI=1S/C17H19F5N6.HI/c1-2-23-15(27-10-11-9-12(18)3-4-13(11)19)25-7-8-26-16-24-6-5-14(28-16)17(20,21)22;/h3-6,9H,2,7-8,10H2,1H3,(H2,23,25,27)(H,24,26,28);1H. The largest absolute Gasteiger partial charge is 0.433 e. The van der Waals surface area contributed by atoms with Gasteiger partial charge >= 0.3 is 6.18 Å². The van der Waals surface area contributed by atoms with Crippen molar-refractivity contribution in [2.45, 2.75) is 19.6 Å². The third-order valence-electron chi connectivity index (χ3n) is 3.41. The zero-order valence-electron chi connectivity index (χ0n) is 15.4. The predicted molar refractivity (Wildman–Crippen MR) is 110 cm³/mol. The molecule has 3 N–H and O–H groups in total. The number of halogens is 6. The summed E-state index contributed by atoms with van der Waals surface area (Å²) in [6.07, 6.45) is -3.53. The second-order valence-corrected chi connectivity index (χ2v) is 5.55. The molecule has 0 fully saturated rings. The van der Waals surface area contributed by atoms with Gasteiger partial charge in [0.25, 0.3) is 0 Å². The minimum Gasteiger partial charge on any atom is -0.357 e. The normalized spacial score (nSPS) is 11.6. The lowest BCUT2D eigenvalue weighted by Gasteiger charge is -2.12. The third-order valence-corrected chi connectivity index (χ3v) is 3.41. The second kappa shape index (κ2) is 11.7. The number of rotatable bonds is 7. The highest BCUT2D eigenvalue weighted by Crippen LogP contribution is 2.27. The van der Waals surface area contributed by atoms with Crippen molar-refractivity contribution in [3.63, 3.8) is 0 Å². The van der Waals surface area contributed by atoms with Crippen LogP contribution in [0.15, 0.2) is 35.5 Å². The average Bonchev–Trinajstić information content (AvgIpc) is 2.65. The van der Waals surface area contributed by atoms with Crippen LogP contribution in [0, 0.1) is 11.6 Å². The fraction of sp³-hybridized carbons (Fsp3) is 0.353. The Kier molecular flexibility index (Phi) is 9.98. The molecule has 0 saturated carbocycles. The number of anilines is 1. The van der Waals surface area contributed by atoms with Crippen LogP contribution in [0.1, 0.15) is 18.2 Å². The Bertz CT molecular complexity index is 815. The van der Waals surface area contributed by atoms with Gasteiger partial charge in [-0.25, -0.2) is 23.7 Å². The van der Waals surface area contributed by atoms with E-state index in [0.29, 0.717) is 12.5 Å². The summed E-state index contributed by atoms with van der Waals surface area (Å²) in [4.78, 5) is 11.3. The number of nitrogens with zero attached hydrogens (tertiary/aromatic N) is 3. The lowest BCUT2D eigenvalue weighted by Crippen LogP contribution is -2.39. The van der Waals surface area contributed by atoms with Crippen LogP contribution in [-0.4, -0.2) is 35.6 Å². The Balaban J connectivity index is 0.00000420. The Morgan fingerprint density at radius 2 is 1.86 bits per heavy atom. The Morgan fingerprint density at radius 1 is 1.10 bits per heavy atom. The van der Waals surface area contributed by atoms with Crippen LogP contribution >= 0.6 is 24.0 Å². The zero-order chi connectivity index (χ0) is 20.6. The predicted octanol–water partition coefficient (Wildman–Crippen LogP) is 3.56. The van der Waals surface area contributed by atoms with Gasteiger partial charge in [0.2, 0.25) is 5.95 Å². The van der Waals surface area contributed by atoms with E-state index in [1.807, 2.05) is 6.92 Å². The minimum atomic E-state index is -4.55. The first-order chi connectivity index (χ1) is 13.3. The van der Waals surface area contributed by atoms with Gasteiger partial charge in [-0.15, -0.1) is 24.0 Å². The highest BCUT2D eigenvalue weighted by molar-refractivity contribution is 14.0. The Labute approximate surface area is 181 Å². The smallest absolute Gasteiger partial charge is 0.357 e. The molecule has 0 radical (unpaired) electrons. The number of aliphatic imine (C=N–C) groups is 1. The van der Waals surface area contributed by atoms with Gasteiger partial charge in [0.05, 0.1) is 6.54 Å². The molecule has 29 heavy (non-hydrogen) atoms. The van der Waals surface area contributed by atoms with Crippen molar-refractivity contribution in [2.75, 3.05) is 25.0 Å². The molecule has 0 amide bonds. The zero-order valence-corrected chi connectivity index (χ0v) is 17.7. The first kappa shape index (κ1) is 24.8. The number of hydrogen-bond acceptors (Lipinski definition) is 4. The van der Waals surface area contributed by atoms with E-state index in [1.54, 1.807) is 0 Å². The van der Waals surface area contributed by atoms with Crippen molar-refractivity contribution in [2.24, 2.45) is 4.99 Å². The summed E-state index contributed by atoms with van der Waals surface area (Å²) in [5, 5.41) is 8.52. The topological polar surface area (TPSA) is 74.2 Å². The van der Waals surface area contributed by atoms with Crippen LogP contribution in [0.25, 0.3) is 0 Å². The molecule has 1 aromatic heterocycles. The first-order valence-corrected chi connectivity index (χ1v) is 8.40. The third kappa shape index (κ3) is 8.33. The minimum absolute atomic E-state index is 0. The van der Waals surface area contributed by atoms with Gasteiger partial charge < -0.3 is 16.0 Å². The molecule has 1 aromatic carbocycles. The van der Waals surface area contributed by atoms with Crippen molar-refractivity contribution in [1.29, 1.82) is 0 Å². The maximum Gasteiger partial charge on any atom is 0.433 e. The van der Waals surface area contributed by atoms with Gasteiger partial charge in [-0.2, -0.15) is 13.2 Å². The van der Waals surface area contributed by atoms with E-state index in [4.69, 9.17) is 0 Å². The highest BCUT2D eigenvalue weighted by atomic mass is 127. The molecule has 2 rings (SSSR count). The molecule has 0 aliphatic carbocycles. The van der Waals surface area contributed by atoms with Crippen molar-refractivity contribution in [1.82, 2.24) is 20.6 Å². The molecule has 0 aliphatic rings. The second-order valence-electron chi connectivity index (χ2n) is 5.55. The van der Waals surface area contributed by atoms with E-state index in [0.717, 1.165) is 30.5 Å². The van der Waals surface area contributed by atoms with E-state index in [1.165, 1.54) is 0 Å². The molecule has 0 bridgehead atoms. The molecule has 0 atom stereocenters. The quantitative estimate of drug-likeness (QED) is 0.168. The van der Waals surface area contributed by atoms with Gasteiger partial charge in [-0.3, -0.25) is 0 Å². The lowest BCUT2D eigenvalue weighted by molar-refractivity contribution is -0.141. The highest BCUT2D eigenvalue weighted by Gasteiger charge is 2.32. The summed E-state index contributed by atoms with van der Waals surface area (Å²) in [6, 6.07) is 3.90. The van der Waals surface area contributed by atoms with Gasteiger partial charge in [-0.05, 0) is 31.2 Å². The number of nitrogens with one attached hydrogen (secondary N) is 3. The van der Waals surface area contributed by atoms with E-state index < -0.39 is 23.5 Å². The van der Waals surface area contributed by atoms with Gasteiger partial charge in [-0.1, -0.05) is 0 Å². The molecule has 0 saturated heterocycles. The van der Waals surface area contributed by atoms with E-state index >= 15 is 0 Å². The Hall–Kier alpha value is -2.25. The van der Waals surface area contributed by atoms with Gasteiger partial charge in [0, 0.05) is 31.4 Å². The van der Waals surface area contributed by atoms with Crippen LogP contribution in [-0.2, 0) is 12.7 Å². The molecule has 0 spiro atoms.